The molecule has 0 radical (unpaired) electrons. The summed E-state index contributed by atoms with van der Waals surface area (Å²) < 4.78 is 0. The Bertz CT molecular complexity index is 536. The van der Waals surface area contributed by atoms with E-state index in [9.17, 15) is 4.79 Å². The van der Waals surface area contributed by atoms with Crippen LogP contribution < -0.4 is 9.80 Å². The Labute approximate surface area is 113 Å². The highest BCUT2D eigenvalue weighted by atomic mass is 16.2. The Morgan fingerprint density at radius 2 is 2.05 bits per heavy atom. The smallest absolute Gasteiger partial charge is 0.252 e. The molecule has 1 aromatic rings. The SMILES string of the molecule is Cc1ncc2c(n1)N(C(C)C)C1(CCC1)C(=O)N2C. The number of hydrogen-bond acceptors (Lipinski definition) is 4. The minimum Gasteiger partial charge on any atom is -0.338 e. The number of rotatable bonds is 1. The molecule has 0 atom stereocenters. The van der Waals surface area contributed by atoms with Crippen LogP contribution in [0.2, 0.25) is 0 Å². The van der Waals surface area contributed by atoms with Crippen molar-refractivity contribution in [3.05, 3.63) is 12.0 Å². The minimum atomic E-state index is -0.364. The molecular formula is C14H20N4O. The highest BCUT2D eigenvalue weighted by molar-refractivity contribution is 6.08. The summed E-state index contributed by atoms with van der Waals surface area (Å²) in [5.74, 6) is 1.85. The van der Waals surface area contributed by atoms with E-state index in [1.807, 2.05) is 14.0 Å². The zero-order valence-electron chi connectivity index (χ0n) is 12.0. The molecule has 1 aromatic heterocycles. The molecule has 102 valence electrons. The Morgan fingerprint density at radius 1 is 1.37 bits per heavy atom. The normalized spacial score (nSPS) is 20.8. The van der Waals surface area contributed by atoms with E-state index in [2.05, 4.69) is 28.7 Å². The second kappa shape index (κ2) is 3.92. The summed E-state index contributed by atoms with van der Waals surface area (Å²) in [4.78, 5) is 25.5. The van der Waals surface area contributed by atoms with E-state index in [1.165, 1.54) is 0 Å². The molecule has 19 heavy (non-hydrogen) atoms. The average Bonchev–Trinajstić information content (AvgIpc) is 2.30. The summed E-state index contributed by atoms with van der Waals surface area (Å²) in [5, 5.41) is 0. The standard InChI is InChI=1S/C14H20N4O/c1-9(2)18-12-11(8-15-10(3)16-12)17(4)13(19)14(18)6-5-7-14/h8-9H,5-7H2,1-4H3. The molecule has 2 aliphatic rings. The third-order valence-electron chi connectivity index (χ3n) is 4.32. The van der Waals surface area contributed by atoms with Crippen LogP contribution in [-0.2, 0) is 4.79 Å². The number of aryl methyl sites for hydroxylation is 1. The second-order valence-electron chi connectivity index (χ2n) is 5.84. The van der Waals surface area contributed by atoms with Gasteiger partial charge in [-0.2, -0.15) is 0 Å². The van der Waals surface area contributed by atoms with Gasteiger partial charge in [0, 0.05) is 13.1 Å². The van der Waals surface area contributed by atoms with E-state index in [0.717, 1.165) is 36.6 Å². The van der Waals surface area contributed by atoms with E-state index < -0.39 is 0 Å². The number of hydrogen-bond donors (Lipinski definition) is 0. The van der Waals surface area contributed by atoms with Crippen molar-refractivity contribution < 1.29 is 4.79 Å². The van der Waals surface area contributed by atoms with Crippen LogP contribution in [0.3, 0.4) is 0 Å². The van der Waals surface area contributed by atoms with Gasteiger partial charge in [0.2, 0.25) is 0 Å². The lowest BCUT2D eigenvalue weighted by molar-refractivity contribution is -0.127. The maximum Gasteiger partial charge on any atom is 0.252 e. The van der Waals surface area contributed by atoms with Crippen molar-refractivity contribution in [2.24, 2.45) is 0 Å². The van der Waals surface area contributed by atoms with Crippen LogP contribution in [0, 0.1) is 6.92 Å². The van der Waals surface area contributed by atoms with Gasteiger partial charge in [0.25, 0.3) is 5.91 Å². The first-order valence-electron chi connectivity index (χ1n) is 6.88. The summed E-state index contributed by atoms with van der Waals surface area (Å²) in [6.07, 6.45) is 4.73. The van der Waals surface area contributed by atoms with Crippen molar-refractivity contribution in [1.82, 2.24) is 9.97 Å². The van der Waals surface area contributed by atoms with Gasteiger partial charge in [0.05, 0.1) is 6.20 Å². The summed E-state index contributed by atoms with van der Waals surface area (Å²) in [5.41, 5.74) is 0.457. The van der Waals surface area contributed by atoms with Crippen molar-refractivity contribution >= 4 is 17.4 Å². The zero-order valence-corrected chi connectivity index (χ0v) is 12.0. The Morgan fingerprint density at radius 3 is 2.58 bits per heavy atom. The van der Waals surface area contributed by atoms with E-state index in [0.29, 0.717) is 0 Å². The Balaban J connectivity index is 2.21. The first kappa shape index (κ1) is 12.4. The van der Waals surface area contributed by atoms with Crippen LogP contribution >= 0.6 is 0 Å². The molecule has 0 N–H and O–H groups in total. The van der Waals surface area contributed by atoms with Gasteiger partial charge in [-0.3, -0.25) is 4.79 Å². The van der Waals surface area contributed by atoms with Crippen molar-refractivity contribution in [2.75, 3.05) is 16.8 Å². The summed E-state index contributed by atoms with van der Waals surface area (Å²) in [7, 11) is 1.83. The fraction of sp³-hybridized carbons (Fsp3) is 0.643. The predicted molar refractivity (Wildman–Crippen MR) is 74.4 cm³/mol. The Hall–Kier alpha value is -1.65. The molecule has 1 fully saturated rings. The molecule has 1 spiro atoms. The molecule has 0 aromatic carbocycles. The van der Waals surface area contributed by atoms with E-state index >= 15 is 0 Å². The lowest BCUT2D eigenvalue weighted by atomic mass is 9.72. The summed E-state index contributed by atoms with van der Waals surface area (Å²) in [6.45, 7) is 6.14. The highest BCUT2D eigenvalue weighted by Crippen LogP contribution is 2.48. The van der Waals surface area contributed by atoms with Crippen LogP contribution in [0.25, 0.3) is 0 Å². The molecule has 1 saturated carbocycles. The van der Waals surface area contributed by atoms with Crippen molar-refractivity contribution in [3.63, 3.8) is 0 Å². The molecule has 0 saturated heterocycles. The number of anilines is 2. The molecule has 5 nitrogen and oxygen atoms in total. The van der Waals surface area contributed by atoms with Gasteiger partial charge in [-0.25, -0.2) is 9.97 Å². The van der Waals surface area contributed by atoms with Crippen LogP contribution in [0.15, 0.2) is 6.20 Å². The summed E-state index contributed by atoms with van der Waals surface area (Å²) in [6, 6.07) is 0.256. The van der Waals surface area contributed by atoms with Crippen LogP contribution in [0.5, 0.6) is 0 Å². The monoisotopic (exact) mass is 260 g/mol. The molecule has 1 amide bonds. The number of carbonyl (C=O) groups is 1. The zero-order chi connectivity index (χ0) is 13.8. The van der Waals surface area contributed by atoms with E-state index in [1.54, 1.807) is 11.1 Å². The number of likely N-dealkylation sites (N-methyl/N-ethyl adjacent to an activating group) is 1. The second-order valence-corrected chi connectivity index (χ2v) is 5.84. The number of aromatic nitrogens is 2. The first-order valence-corrected chi connectivity index (χ1v) is 6.88. The van der Waals surface area contributed by atoms with Gasteiger partial charge in [-0.05, 0) is 40.0 Å². The van der Waals surface area contributed by atoms with Crippen molar-refractivity contribution in [2.45, 2.75) is 51.6 Å². The van der Waals surface area contributed by atoms with Crippen molar-refractivity contribution in [3.8, 4) is 0 Å². The van der Waals surface area contributed by atoms with Gasteiger partial charge in [0.1, 0.15) is 17.1 Å². The van der Waals surface area contributed by atoms with E-state index in [4.69, 9.17) is 0 Å². The number of nitrogens with zero attached hydrogens (tertiary/aromatic N) is 4. The van der Waals surface area contributed by atoms with Gasteiger partial charge >= 0.3 is 0 Å². The average molecular weight is 260 g/mol. The molecule has 1 aliphatic heterocycles. The number of carbonyl (C=O) groups excluding carboxylic acids is 1. The molecular weight excluding hydrogens is 240 g/mol. The fourth-order valence-corrected chi connectivity index (χ4v) is 3.30. The number of amides is 1. The van der Waals surface area contributed by atoms with Crippen LogP contribution in [-0.4, -0.2) is 34.5 Å². The Kier molecular flexibility index (Phi) is 2.56. The minimum absolute atomic E-state index is 0.187. The molecule has 2 heterocycles. The fourth-order valence-electron chi connectivity index (χ4n) is 3.30. The van der Waals surface area contributed by atoms with Crippen LogP contribution in [0.1, 0.15) is 38.9 Å². The van der Waals surface area contributed by atoms with Gasteiger partial charge in [0.15, 0.2) is 5.82 Å². The molecule has 5 heteroatoms. The quantitative estimate of drug-likeness (QED) is 0.774. The predicted octanol–water partition coefficient (Wildman–Crippen LogP) is 1.90. The topological polar surface area (TPSA) is 49.3 Å². The highest BCUT2D eigenvalue weighted by Gasteiger charge is 2.55. The number of fused-ring (bicyclic) bond motifs is 1. The maximum absolute atomic E-state index is 12.7. The van der Waals surface area contributed by atoms with Crippen molar-refractivity contribution in [1.29, 1.82) is 0 Å². The van der Waals surface area contributed by atoms with Gasteiger partial charge < -0.3 is 9.80 Å². The van der Waals surface area contributed by atoms with Gasteiger partial charge in [-0.15, -0.1) is 0 Å². The molecule has 1 aliphatic carbocycles. The van der Waals surface area contributed by atoms with Crippen LogP contribution in [0.4, 0.5) is 11.5 Å². The lowest BCUT2D eigenvalue weighted by Gasteiger charge is -2.55. The third-order valence-corrected chi connectivity index (χ3v) is 4.32. The molecule has 0 bridgehead atoms. The third kappa shape index (κ3) is 1.50. The molecule has 3 rings (SSSR count). The summed E-state index contributed by atoms with van der Waals surface area (Å²) >= 11 is 0. The maximum atomic E-state index is 12.7. The van der Waals surface area contributed by atoms with E-state index in [-0.39, 0.29) is 17.5 Å². The molecule has 0 unspecified atom stereocenters. The van der Waals surface area contributed by atoms with Gasteiger partial charge in [-0.1, -0.05) is 0 Å². The lowest BCUT2D eigenvalue weighted by Crippen LogP contribution is -2.68. The largest absolute Gasteiger partial charge is 0.338 e. The first-order chi connectivity index (χ1) is 8.97.